The van der Waals surface area contributed by atoms with Crippen molar-refractivity contribution in [3.8, 4) is 6.07 Å². The van der Waals surface area contributed by atoms with E-state index in [1.807, 2.05) is 12.1 Å². The number of hydrogen-bond donors (Lipinski definition) is 1. The van der Waals surface area contributed by atoms with E-state index in [1.165, 1.54) is 18.2 Å². The molecular formula is C27H27F3N4O. The molecule has 1 amide bonds. The number of nitriles is 1. The van der Waals surface area contributed by atoms with Gasteiger partial charge >= 0.3 is 6.18 Å². The largest absolute Gasteiger partial charge is 0.416 e. The van der Waals surface area contributed by atoms with Crippen LogP contribution in [0.4, 0.5) is 13.2 Å². The Bertz CT molecular complexity index is 1190. The van der Waals surface area contributed by atoms with Crippen LogP contribution in [0.5, 0.6) is 0 Å². The van der Waals surface area contributed by atoms with Crippen LogP contribution in [0.2, 0.25) is 0 Å². The Balaban J connectivity index is 1.70. The van der Waals surface area contributed by atoms with Gasteiger partial charge in [0.15, 0.2) is 0 Å². The fraction of sp³-hybridized carbons (Fsp3) is 0.296. The van der Waals surface area contributed by atoms with E-state index in [1.54, 1.807) is 12.3 Å². The zero-order valence-corrected chi connectivity index (χ0v) is 19.7. The van der Waals surface area contributed by atoms with Crippen LogP contribution in [0.25, 0.3) is 0 Å². The molecule has 0 unspecified atom stereocenters. The number of rotatable bonds is 8. The second kappa shape index (κ2) is 10.7. The van der Waals surface area contributed by atoms with E-state index in [0.29, 0.717) is 29.8 Å². The molecule has 1 aromatic heterocycles. The number of amides is 1. The van der Waals surface area contributed by atoms with Gasteiger partial charge in [0.2, 0.25) is 0 Å². The van der Waals surface area contributed by atoms with E-state index in [4.69, 9.17) is 5.26 Å². The van der Waals surface area contributed by atoms with Crippen LogP contribution < -0.4 is 5.32 Å². The third-order valence-corrected chi connectivity index (χ3v) is 5.75. The Morgan fingerprint density at radius 3 is 2.57 bits per heavy atom. The van der Waals surface area contributed by atoms with E-state index in [-0.39, 0.29) is 24.4 Å². The van der Waals surface area contributed by atoms with Crippen LogP contribution in [-0.4, -0.2) is 22.3 Å². The number of benzene rings is 1. The summed E-state index contributed by atoms with van der Waals surface area (Å²) in [5.74, 6) is -0.0765. The fourth-order valence-electron chi connectivity index (χ4n) is 4.06. The van der Waals surface area contributed by atoms with Gasteiger partial charge in [-0.25, -0.2) is 0 Å². The first-order chi connectivity index (χ1) is 16.5. The monoisotopic (exact) mass is 480 g/mol. The van der Waals surface area contributed by atoms with Crippen molar-refractivity contribution in [3.05, 3.63) is 101 Å². The quantitative estimate of drug-likeness (QED) is 0.387. The summed E-state index contributed by atoms with van der Waals surface area (Å²) < 4.78 is 38.7. The average Bonchev–Trinajstić information content (AvgIpc) is 3.17. The van der Waals surface area contributed by atoms with Crippen LogP contribution in [0.1, 0.15) is 52.6 Å². The zero-order valence-electron chi connectivity index (χ0n) is 19.7. The standard InChI is InChI=1S/C27H27F3N4O/c1-17(2)25-24-22(16-34(25)15-20-7-9-23(10-8-20)27(28,29)30)11-21(14-32-24)26(35)33-13-19(4)6-5-18(3)12-31/h5-11,14,17,25H,3-4,13,15-16H2,1-2H3,(H,33,35)/b6-5-/t25-/m0/s1. The molecule has 0 radical (unpaired) electrons. The molecule has 5 nitrogen and oxygen atoms in total. The highest BCUT2D eigenvalue weighted by atomic mass is 19.4. The molecule has 0 fully saturated rings. The number of carbonyl (C=O) groups excluding carboxylic acids is 1. The molecule has 2 heterocycles. The van der Waals surface area contributed by atoms with Crippen LogP contribution in [0.3, 0.4) is 0 Å². The van der Waals surface area contributed by atoms with Crippen molar-refractivity contribution >= 4 is 5.91 Å². The highest BCUT2D eigenvalue weighted by Gasteiger charge is 2.35. The second-order valence-electron chi connectivity index (χ2n) is 8.87. The number of allylic oxidation sites excluding steroid dienone is 2. The number of aromatic nitrogens is 1. The number of alkyl halides is 3. The van der Waals surface area contributed by atoms with Crippen molar-refractivity contribution in [3.63, 3.8) is 0 Å². The van der Waals surface area contributed by atoms with Gasteiger partial charge in [-0.1, -0.05) is 45.2 Å². The summed E-state index contributed by atoms with van der Waals surface area (Å²) in [5, 5.41) is 11.5. The molecule has 8 heteroatoms. The van der Waals surface area contributed by atoms with Crippen LogP contribution >= 0.6 is 0 Å². The second-order valence-corrected chi connectivity index (χ2v) is 8.87. The SMILES string of the molecule is C=C(C#N)/C=C\C(=C)CNC(=O)c1cnc2c(c1)CN(Cc1ccc(C(F)(F)F)cc1)[C@H]2C(C)C. The zero-order chi connectivity index (χ0) is 25.8. The van der Waals surface area contributed by atoms with Gasteiger partial charge in [0.25, 0.3) is 5.91 Å². The third kappa shape index (κ3) is 6.46. The summed E-state index contributed by atoms with van der Waals surface area (Å²) in [5.41, 5.74) is 3.24. The molecule has 3 rings (SSSR count). The highest BCUT2D eigenvalue weighted by molar-refractivity contribution is 5.94. The molecule has 2 aromatic rings. The number of fused-ring (bicyclic) bond motifs is 1. The van der Waals surface area contributed by atoms with Gasteiger partial charge in [-0.05, 0) is 46.9 Å². The lowest BCUT2D eigenvalue weighted by Gasteiger charge is -2.27. The first-order valence-corrected chi connectivity index (χ1v) is 11.1. The van der Waals surface area contributed by atoms with E-state index < -0.39 is 11.7 Å². The van der Waals surface area contributed by atoms with Gasteiger partial charge in [-0.15, -0.1) is 0 Å². The van der Waals surface area contributed by atoms with Crippen LogP contribution in [0.15, 0.2) is 73.0 Å². The highest BCUT2D eigenvalue weighted by Crippen LogP contribution is 2.39. The van der Waals surface area contributed by atoms with Crippen molar-refractivity contribution < 1.29 is 18.0 Å². The molecular weight excluding hydrogens is 453 g/mol. The van der Waals surface area contributed by atoms with Gasteiger partial charge in [-0.3, -0.25) is 14.7 Å². The molecule has 0 spiro atoms. The van der Waals surface area contributed by atoms with Gasteiger partial charge in [0.1, 0.15) is 0 Å². The van der Waals surface area contributed by atoms with E-state index in [0.717, 1.165) is 29.0 Å². The molecule has 1 aliphatic heterocycles. The molecule has 0 aliphatic carbocycles. The first kappa shape index (κ1) is 25.9. The van der Waals surface area contributed by atoms with E-state index in [2.05, 4.69) is 42.2 Å². The lowest BCUT2D eigenvalue weighted by Crippen LogP contribution is -2.26. The Labute approximate surface area is 203 Å². The van der Waals surface area contributed by atoms with Gasteiger partial charge in [0.05, 0.1) is 28.9 Å². The van der Waals surface area contributed by atoms with Gasteiger partial charge in [0, 0.05) is 31.4 Å². The molecule has 1 aromatic carbocycles. The molecule has 0 bridgehead atoms. The van der Waals surface area contributed by atoms with Crippen molar-refractivity contribution in [2.75, 3.05) is 6.54 Å². The fourth-order valence-corrected chi connectivity index (χ4v) is 4.06. The maximum absolute atomic E-state index is 12.9. The Kier molecular flexibility index (Phi) is 7.92. The minimum atomic E-state index is -4.36. The van der Waals surface area contributed by atoms with Gasteiger partial charge < -0.3 is 5.32 Å². The van der Waals surface area contributed by atoms with E-state index >= 15 is 0 Å². The number of nitrogens with zero attached hydrogens (tertiary/aromatic N) is 3. The van der Waals surface area contributed by atoms with Crippen molar-refractivity contribution in [1.82, 2.24) is 15.2 Å². The predicted molar refractivity (Wildman–Crippen MR) is 128 cm³/mol. The summed E-state index contributed by atoms with van der Waals surface area (Å²) >= 11 is 0. The third-order valence-electron chi connectivity index (χ3n) is 5.75. The Hall–Kier alpha value is -3.70. The van der Waals surface area contributed by atoms with Crippen molar-refractivity contribution in [2.24, 2.45) is 5.92 Å². The van der Waals surface area contributed by atoms with Gasteiger partial charge in [-0.2, -0.15) is 18.4 Å². The summed E-state index contributed by atoms with van der Waals surface area (Å²) in [6.07, 6.45) is 0.334. The maximum atomic E-state index is 12.9. The number of hydrogen-bond acceptors (Lipinski definition) is 4. The summed E-state index contributed by atoms with van der Waals surface area (Å²) in [6.45, 7) is 12.8. The lowest BCUT2D eigenvalue weighted by molar-refractivity contribution is -0.137. The molecule has 182 valence electrons. The smallest absolute Gasteiger partial charge is 0.348 e. The number of pyridine rings is 1. The minimum absolute atomic E-state index is 0.0115. The number of carbonyl (C=O) groups is 1. The summed E-state index contributed by atoms with van der Waals surface area (Å²) in [7, 11) is 0. The summed E-state index contributed by atoms with van der Waals surface area (Å²) in [6, 6.07) is 8.92. The summed E-state index contributed by atoms with van der Waals surface area (Å²) in [4.78, 5) is 19.4. The molecule has 0 saturated carbocycles. The molecule has 35 heavy (non-hydrogen) atoms. The Morgan fingerprint density at radius 2 is 1.97 bits per heavy atom. The topological polar surface area (TPSA) is 69.0 Å². The van der Waals surface area contributed by atoms with Crippen molar-refractivity contribution in [2.45, 2.75) is 39.2 Å². The molecule has 0 saturated heterocycles. The molecule has 1 aliphatic rings. The number of nitrogens with one attached hydrogen (secondary N) is 1. The molecule has 1 atom stereocenters. The maximum Gasteiger partial charge on any atom is 0.416 e. The number of halogens is 3. The minimum Gasteiger partial charge on any atom is -0.348 e. The predicted octanol–water partition coefficient (Wildman–Crippen LogP) is 5.74. The normalized spacial score (nSPS) is 15.7. The van der Waals surface area contributed by atoms with Crippen LogP contribution in [-0.2, 0) is 19.3 Å². The lowest BCUT2D eigenvalue weighted by atomic mass is 9.99. The average molecular weight is 481 g/mol. The van der Waals surface area contributed by atoms with Crippen LogP contribution in [0, 0.1) is 17.2 Å². The Morgan fingerprint density at radius 1 is 1.29 bits per heavy atom. The van der Waals surface area contributed by atoms with E-state index in [9.17, 15) is 18.0 Å². The first-order valence-electron chi connectivity index (χ1n) is 11.1. The van der Waals surface area contributed by atoms with Crippen molar-refractivity contribution in [1.29, 1.82) is 5.26 Å². The molecule has 1 N–H and O–H groups in total.